The second-order valence-electron chi connectivity index (χ2n) is 12.0. The molecule has 0 aromatic carbocycles. The number of aliphatic hydroxyl groups is 3. The van der Waals surface area contributed by atoms with Gasteiger partial charge in [-0.1, -0.05) is 120 Å². The zero-order valence-electron chi connectivity index (χ0n) is 28.1. The van der Waals surface area contributed by atoms with Crippen LogP contribution in [0.5, 0.6) is 0 Å². The Morgan fingerprint density at radius 2 is 1.02 bits per heavy atom. The minimum atomic E-state index is -1.17. The Balaban J connectivity index is 3.79. The largest absolute Gasteiger partial charge is 0.394 e. The van der Waals surface area contributed by atoms with E-state index >= 15 is 0 Å². The van der Waals surface area contributed by atoms with E-state index < -0.39 is 18.2 Å². The first kappa shape index (κ1) is 41.3. The molecule has 0 saturated heterocycles. The van der Waals surface area contributed by atoms with E-state index in [-0.39, 0.29) is 12.5 Å². The van der Waals surface area contributed by atoms with Crippen molar-refractivity contribution >= 4 is 5.91 Å². The van der Waals surface area contributed by atoms with Crippen LogP contribution in [0.3, 0.4) is 0 Å². The van der Waals surface area contributed by atoms with Crippen LogP contribution in [-0.2, 0) is 4.79 Å². The van der Waals surface area contributed by atoms with Crippen molar-refractivity contribution in [2.75, 3.05) is 6.61 Å². The number of carbonyl (C=O) groups is 1. The summed E-state index contributed by atoms with van der Waals surface area (Å²) < 4.78 is 0. The van der Waals surface area contributed by atoms with Crippen molar-refractivity contribution in [2.24, 2.45) is 0 Å². The lowest BCUT2D eigenvalue weighted by molar-refractivity contribution is -0.124. The number of hydrogen-bond acceptors (Lipinski definition) is 4. The molecule has 43 heavy (non-hydrogen) atoms. The van der Waals surface area contributed by atoms with Gasteiger partial charge in [0, 0.05) is 6.42 Å². The van der Waals surface area contributed by atoms with Crippen LogP contribution in [0, 0.1) is 0 Å². The molecule has 4 N–H and O–H groups in total. The van der Waals surface area contributed by atoms with Gasteiger partial charge in [0.1, 0.15) is 6.10 Å². The number of allylic oxidation sites excluding steroid dienone is 8. The number of aliphatic hydroxyl groups excluding tert-OH is 3. The van der Waals surface area contributed by atoms with Gasteiger partial charge in [0.15, 0.2) is 0 Å². The van der Waals surface area contributed by atoms with E-state index in [0.29, 0.717) is 12.8 Å². The van der Waals surface area contributed by atoms with Gasteiger partial charge >= 0.3 is 0 Å². The molecule has 3 atom stereocenters. The topological polar surface area (TPSA) is 89.8 Å². The van der Waals surface area contributed by atoms with Gasteiger partial charge in [-0.25, -0.2) is 0 Å². The van der Waals surface area contributed by atoms with Crippen LogP contribution in [0.2, 0.25) is 0 Å². The summed E-state index contributed by atoms with van der Waals surface area (Å²) in [4.78, 5) is 12.3. The summed E-state index contributed by atoms with van der Waals surface area (Å²) in [6.07, 6.45) is 40.5. The lowest BCUT2D eigenvalue weighted by Crippen LogP contribution is -2.50. The SMILES string of the molecule is CCCCC/C=C\C/C=C\CCCCCCCCCC(=O)NC(CO)C(O)C(O)CCC/C=C/CC/C=C/CCCCC. The van der Waals surface area contributed by atoms with Crippen molar-refractivity contribution < 1.29 is 20.1 Å². The van der Waals surface area contributed by atoms with Crippen LogP contribution in [0.4, 0.5) is 0 Å². The first-order valence-electron chi connectivity index (χ1n) is 17.9. The van der Waals surface area contributed by atoms with E-state index in [2.05, 4.69) is 67.8 Å². The first-order valence-corrected chi connectivity index (χ1v) is 17.9. The summed E-state index contributed by atoms with van der Waals surface area (Å²) >= 11 is 0. The van der Waals surface area contributed by atoms with Gasteiger partial charge in [-0.05, 0) is 83.5 Å². The first-order chi connectivity index (χ1) is 21.1. The Labute approximate surface area is 266 Å². The smallest absolute Gasteiger partial charge is 0.220 e. The van der Waals surface area contributed by atoms with E-state index in [1.165, 1.54) is 77.0 Å². The molecule has 0 aliphatic carbocycles. The lowest BCUT2D eigenvalue weighted by Gasteiger charge is -2.26. The van der Waals surface area contributed by atoms with Crippen LogP contribution < -0.4 is 5.32 Å². The second kappa shape index (κ2) is 33.2. The van der Waals surface area contributed by atoms with Gasteiger partial charge in [-0.15, -0.1) is 0 Å². The monoisotopic (exact) mass is 604 g/mol. The highest BCUT2D eigenvalue weighted by Gasteiger charge is 2.26. The molecule has 3 unspecified atom stereocenters. The molecule has 0 heterocycles. The fourth-order valence-electron chi connectivity index (χ4n) is 5.03. The number of unbranched alkanes of at least 4 members (excludes halogenated alkanes) is 15. The van der Waals surface area contributed by atoms with Gasteiger partial charge in [0.2, 0.25) is 5.91 Å². The Morgan fingerprint density at radius 1 is 0.581 bits per heavy atom. The van der Waals surface area contributed by atoms with Crippen LogP contribution in [0.1, 0.15) is 162 Å². The van der Waals surface area contributed by atoms with Gasteiger partial charge < -0.3 is 20.6 Å². The molecule has 0 aromatic rings. The van der Waals surface area contributed by atoms with Crippen molar-refractivity contribution in [3.8, 4) is 0 Å². The second-order valence-corrected chi connectivity index (χ2v) is 12.0. The third-order valence-electron chi connectivity index (χ3n) is 7.88. The van der Waals surface area contributed by atoms with E-state index in [4.69, 9.17) is 0 Å². The molecule has 0 aliphatic heterocycles. The van der Waals surface area contributed by atoms with Crippen molar-refractivity contribution in [3.63, 3.8) is 0 Å². The molecule has 0 radical (unpaired) electrons. The van der Waals surface area contributed by atoms with Gasteiger partial charge in [0.25, 0.3) is 0 Å². The molecule has 0 saturated carbocycles. The zero-order valence-corrected chi connectivity index (χ0v) is 28.1. The molecule has 5 nitrogen and oxygen atoms in total. The maximum absolute atomic E-state index is 12.3. The quantitative estimate of drug-likeness (QED) is 0.0469. The molecule has 0 aromatic heterocycles. The van der Waals surface area contributed by atoms with Gasteiger partial charge in [-0.2, -0.15) is 0 Å². The number of amides is 1. The lowest BCUT2D eigenvalue weighted by atomic mass is 10.0. The number of hydrogen-bond donors (Lipinski definition) is 4. The number of rotatable bonds is 31. The normalized spacial score (nSPS) is 14.4. The summed E-state index contributed by atoms with van der Waals surface area (Å²) in [6, 6.07) is -0.835. The van der Waals surface area contributed by atoms with Crippen LogP contribution in [0.25, 0.3) is 0 Å². The Bertz CT molecular complexity index is 715. The fraction of sp³-hybridized carbons (Fsp3) is 0.763. The highest BCUT2D eigenvalue weighted by atomic mass is 16.3. The third kappa shape index (κ3) is 28.8. The van der Waals surface area contributed by atoms with Gasteiger partial charge in [-0.3, -0.25) is 4.79 Å². The average molecular weight is 604 g/mol. The maximum atomic E-state index is 12.3. The molecule has 0 fully saturated rings. The minimum Gasteiger partial charge on any atom is -0.394 e. The summed E-state index contributed by atoms with van der Waals surface area (Å²) in [6.45, 7) is 4.07. The molecule has 250 valence electrons. The van der Waals surface area contributed by atoms with Crippen molar-refractivity contribution in [2.45, 2.75) is 180 Å². The van der Waals surface area contributed by atoms with E-state index in [9.17, 15) is 20.1 Å². The molecule has 5 heteroatoms. The van der Waals surface area contributed by atoms with Crippen molar-refractivity contribution in [1.29, 1.82) is 0 Å². The van der Waals surface area contributed by atoms with Crippen LogP contribution in [-0.4, -0.2) is 46.1 Å². The van der Waals surface area contributed by atoms with E-state index in [0.717, 1.165) is 57.8 Å². The van der Waals surface area contributed by atoms with Crippen LogP contribution in [0.15, 0.2) is 48.6 Å². The summed E-state index contributed by atoms with van der Waals surface area (Å²) in [5, 5.41) is 33.2. The molecule has 0 spiro atoms. The predicted octanol–water partition coefficient (Wildman–Crippen LogP) is 9.42. The van der Waals surface area contributed by atoms with Gasteiger partial charge in [0.05, 0.1) is 18.8 Å². The van der Waals surface area contributed by atoms with E-state index in [1.54, 1.807) is 0 Å². The van der Waals surface area contributed by atoms with E-state index in [1.807, 2.05) is 0 Å². The summed E-state index contributed by atoms with van der Waals surface area (Å²) in [5.74, 6) is -0.171. The molecular formula is C38H69NO4. The summed E-state index contributed by atoms with van der Waals surface area (Å²) in [7, 11) is 0. The Morgan fingerprint density at radius 3 is 1.56 bits per heavy atom. The predicted molar refractivity (Wildman–Crippen MR) is 185 cm³/mol. The number of carbonyl (C=O) groups excluding carboxylic acids is 1. The van der Waals surface area contributed by atoms with Crippen molar-refractivity contribution in [1.82, 2.24) is 5.32 Å². The number of nitrogens with one attached hydrogen (secondary N) is 1. The maximum Gasteiger partial charge on any atom is 0.220 e. The minimum absolute atomic E-state index is 0.171. The molecule has 1 amide bonds. The Kier molecular flexibility index (Phi) is 31.9. The fourth-order valence-corrected chi connectivity index (χ4v) is 5.03. The molecular weight excluding hydrogens is 534 g/mol. The highest BCUT2D eigenvalue weighted by molar-refractivity contribution is 5.76. The molecule has 0 bridgehead atoms. The third-order valence-corrected chi connectivity index (χ3v) is 7.88. The summed E-state index contributed by atoms with van der Waals surface area (Å²) in [5.41, 5.74) is 0. The standard InChI is InChI=1S/C38H69NO4/c1-3-5-7-9-11-13-15-17-18-19-20-21-23-25-27-29-31-33-37(42)39-35(34-40)38(43)36(41)32-30-28-26-24-22-16-14-12-10-8-6-4-2/h11-14,17-18,24,26,35-36,38,40-41,43H,3-10,15-16,19-23,25,27-34H2,1-2H3,(H,39,42)/b13-11-,14-12+,18-17-,26-24+. The molecule has 0 rings (SSSR count). The average Bonchev–Trinajstić information content (AvgIpc) is 3.01. The highest BCUT2D eigenvalue weighted by Crippen LogP contribution is 2.12. The van der Waals surface area contributed by atoms with Crippen molar-refractivity contribution in [3.05, 3.63) is 48.6 Å². The molecule has 0 aliphatic rings. The van der Waals surface area contributed by atoms with Crippen LogP contribution >= 0.6 is 0 Å². The Hall–Kier alpha value is -1.69. The zero-order chi connectivity index (χ0) is 31.6.